The molecule has 3 N–H and O–H groups in total. The van der Waals surface area contributed by atoms with Gasteiger partial charge < -0.3 is 25.3 Å². The van der Waals surface area contributed by atoms with Crippen LogP contribution in [-0.4, -0.2) is 60.0 Å². The first-order valence-corrected chi connectivity index (χ1v) is 11.2. The molecule has 2 saturated heterocycles. The molecule has 0 saturated carbocycles. The van der Waals surface area contributed by atoms with E-state index < -0.39 is 0 Å². The molecule has 2 aromatic carbocycles. The molecular formula is C24H26N6O2. The minimum absolute atomic E-state index is 0.107. The van der Waals surface area contributed by atoms with Gasteiger partial charge >= 0.3 is 0 Å². The molecule has 0 radical (unpaired) electrons. The highest BCUT2D eigenvalue weighted by atomic mass is 16.5. The van der Waals surface area contributed by atoms with Crippen molar-refractivity contribution in [3.63, 3.8) is 0 Å². The van der Waals surface area contributed by atoms with E-state index in [0.717, 1.165) is 79.1 Å². The van der Waals surface area contributed by atoms with Crippen LogP contribution in [0.5, 0.6) is 0 Å². The van der Waals surface area contributed by atoms with Crippen molar-refractivity contribution in [2.24, 2.45) is 0 Å². The number of hydrogen-bond donors (Lipinski definition) is 3. The van der Waals surface area contributed by atoms with E-state index in [1.807, 2.05) is 24.3 Å². The Morgan fingerprint density at radius 1 is 1.09 bits per heavy atom. The first kappa shape index (κ1) is 19.3. The van der Waals surface area contributed by atoms with Gasteiger partial charge in [0.05, 0.1) is 29.8 Å². The average molecular weight is 431 g/mol. The standard InChI is InChI=1S/C24H26N6O2/c31-23-14-20(26-16-7-8-25-15-16)18-3-1-2-4-22(18)30(23)24-27-19-6-5-17(13-21(19)28-24)29-9-11-32-12-10-29/h1-6,13-14,16,25-26H,7-12,15H2,(H,27,28). The van der Waals surface area contributed by atoms with Crippen LogP contribution in [0.1, 0.15) is 6.42 Å². The van der Waals surface area contributed by atoms with Crippen LogP contribution in [0.2, 0.25) is 0 Å². The number of para-hydroxylation sites is 1. The van der Waals surface area contributed by atoms with Crippen molar-refractivity contribution >= 4 is 33.3 Å². The van der Waals surface area contributed by atoms with Crippen LogP contribution < -0.4 is 21.1 Å². The predicted octanol–water partition coefficient (Wildman–Crippen LogP) is 2.48. The third-order valence-electron chi connectivity index (χ3n) is 6.38. The van der Waals surface area contributed by atoms with Crippen LogP contribution in [0.25, 0.3) is 27.9 Å². The number of anilines is 2. The smallest absolute Gasteiger partial charge is 0.260 e. The van der Waals surface area contributed by atoms with Gasteiger partial charge in [0, 0.05) is 48.5 Å². The number of H-pyrrole nitrogens is 1. The lowest BCUT2D eigenvalue weighted by Crippen LogP contribution is -2.36. The molecule has 6 rings (SSSR count). The molecule has 0 aliphatic carbocycles. The molecule has 1 atom stereocenters. The minimum atomic E-state index is -0.107. The fourth-order valence-corrected chi connectivity index (χ4v) is 4.72. The number of nitrogens with one attached hydrogen (secondary N) is 3. The fraction of sp³-hybridized carbons (Fsp3) is 0.333. The van der Waals surface area contributed by atoms with Crippen molar-refractivity contribution in [2.45, 2.75) is 12.5 Å². The molecule has 1 unspecified atom stereocenters. The van der Waals surface area contributed by atoms with Crippen LogP contribution in [-0.2, 0) is 4.74 Å². The maximum Gasteiger partial charge on any atom is 0.260 e. The SMILES string of the molecule is O=c1cc(NC2CCNC2)c2ccccc2n1-c1nc2ccc(N3CCOCC3)cc2[nH]1. The summed E-state index contributed by atoms with van der Waals surface area (Å²) < 4.78 is 7.14. The van der Waals surface area contributed by atoms with E-state index in [1.54, 1.807) is 10.6 Å². The quantitative estimate of drug-likeness (QED) is 0.461. The molecule has 0 bridgehead atoms. The van der Waals surface area contributed by atoms with Crippen LogP contribution in [0, 0.1) is 0 Å². The number of aromatic amines is 1. The number of ether oxygens (including phenoxy) is 1. The molecule has 4 aromatic rings. The van der Waals surface area contributed by atoms with E-state index in [2.05, 4.69) is 38.7 Å². The monoisotopic (exact) mass is 430 g/mol. The zero-order valence-corrected chi connectivity index (χ0v) is 17.8. The molecule has 2 aliphatic rings. The molecule has 8 heteroatoms. The topological polar surface area (TPSA) is 87.2 Å². The van der Waals surface area contributed by atoms with Gasteiger partial charge in [0.15, 0.2) is 0 Å². The molecule has 2 aliphatic heterocycles. The fourth-order valence-electron chi connectivity index (χ4n) is 4.72. The summed E-state index contributed by atoms with van der Waals surface area (Å²) in [7, 11) is 0. The molecule has 4 heterocycles. The van der Waals surface area contributed by atoms with Gasteiger partial charge in [-0.05, 0) is 37.2 Å². The zero-order chi connectivity index (χ0) is 21.5. The number of rotatable bonds is 4. The third kappa shape index (κ3) is 3.41. The average Bonchev–Trinajstić information content (AvgIpc) is 3.49. The first-order valence-electron chi connectivity index (χ1n) is 11.2. The second kappa shape index (κ2) is 7.96. The van der Waals surface area contributed by atoms with Crippen molar-refractivity contribution in [3.8, 4) is 5.95 Å². The Morgan fingerprint density at radius 2 is 1.97 bits per heavy atom. The van der Waals surface area contributed by atoms with Gasteiger partial charge in [-0.25, -0.2) is 9.55 Å². The Balaban J connectivity index is 1.43. The molecule has 2 aromatic heterocycles. The van der Waals surface area contributed by atoms with E-state index in [9.17, 15) is 4.79 Å². The maximum atomic E-state index is 13.2. The number of morpholine rings is 1. The van der Waals surface area contributed by atoms with Crippen molar-refractivity contribution in [1.29, 1.82) is 0 Å². The summed E-state index contributed by atoms with van der Waals surface area (Å²) >= 11 is 0. The normalized spacial score (nSPS) is 19.1. The van der Waals surface area contributed by atoms with Crippen LogP contribution >= 0.6 is 0 Å². The van der Waals surface area contributed by atoms with E-state index in [0.29, 0.717) is 12.0 Å². The van der Waals surface area contributed by atoms with Gasteiger partial charge in [0.2, 0.25) is 5.95 Å². The summed E-state index contributed by atoms with van der Waals surface area (Å²) in [5.74, 6) is 0.536. The highest BCUT2D eigenvalue weighted by molar-refractivity contribution is 5.92. The van der Waals surface area contributed by atoms with E-state index in [-0.39, 0.29) is 5.56 Å². The lowest BCUT2D eigenvalue weighted by Gasteiger charge is -2.28. The number of imidazole rings is 1. The Hall–Kier alpha value is -3.36. The van der Waals surface area contributed by atoms with Crippen LogP contribution in [0.15, 0.2) is 53.3 Å². The first-order chi connectivity index (χ1) is 15.8. The van der Waals surface area contributed by atoms with E-state index in [1.165, 1.54) is 0 Å². The number of nitrogens with zero attached hydrogens (tertiary/aromatic N) is 3. The molecule has 32 heavy (non-hydrogen) atoms. The molecular weight excluding hydrogens is 404 g/mol. The number of benzene rings is 2. The van der Waals surface area contributed by atoms with Crippen molar-refractivity contribution in [2.75, 3.05) is 49.6 Å². The van der Waals surface area contributed by atoms with Crippen LogP contribution in [0.3, 0.4) is 0 Å². The highest BCUT2D eigenvalue weighted by Gasteiger charge is 2.18. The summed E-state index contributed by atoms with van der Waals surface area (Å²) in [5.41, 5.74) is 4.50. The number of pyridine rings is 1. The van der Waals surface area contributed by atoms with Gasteiger partial charge in [-0.2, -0.15) is 0 Å². The zero-order valence-electron chi connectivity index (χ0n) is 17.8. The third-order valence-corrected chi connectivity index (χ3v) is 6.38. The maximum absolute atomic E-state index is 13.2. The van der Waals surface area contributed by atoms with Gasteiger partial charge in [-0.3, -0.25) is 4.79 Å². The van der Waals surface area contributed by atoms with E-state index >= 15 is 0 Å². The van der Waals surface area contributed by atoms with E-state index in [4.69, 9.17) is 9.72 Å². The Kier molecular flexibility index (Phi) is 4.81. The summed E-state index contributed by atoms with van der Waals surface area (Å²) in [4.78, 5) is 23.7. The molecule has 0 spiro atoms. The van der Waals surface area contributed by atoms with Crippen molar-refractivity contribution in [1.82, 2.24) is 19.9 Å². The Labute approximate surface area is 185 Å². The Morgan fingerprint density at radius 3 is 2.81 bits per heavy atom. The second-order valence-electron chi connectivity index (χ2n) is 8.44. The summed E-state index contributed by atoms with van der Waals surface area (Å²) in [5, 5.41) is 7.92. The molecule has 8 nitrogen and oxygen atoms in total. The van der Waals surface area contributed by atoms with Gasteiger partial charge in [-0.1, -0.05) is 18.2 Å². The Bertz CT molecular complexity index is 1330. The predicted molar refractivity (Wildman–Crippen MR) is 127 cm³/mol. The van der Waals surface area contributed by atoms with Gasteiger partial charge in [0.25, 0.3) is 5.56 Å². The largest absolute Gasteiger partial charge is 0.380 e. The summed E-state index contributed by atoms with van der Waals surface area (Å²) in [6.45, 7) is 5.14. The second-order valence-corrected chi connectivity index (χ2v) is 8.44. The summed E-state index contributed by atoms with van der Waals surface area (Å²) in [6.07, 6.45) is 1.05. The molecule has 0 amide bonds. The number of aromatic nitrogens is 3. The molecule has 2 fully saturated rings. The van der Waals surface area contributed by atoms with Crippen molar-refractivity contribution in [3.05, 3.63) is 58.9 Å². The van der Waals surface area contributed by atoms with Gasteiger partial charge in [0.1, 0.15) is 0 Å². The summed E-state index contributed by atoms with van der Waals surface area (Å²) in [6, 6.07) is 16.2. The number of fused-ring (bicyclic) bond motifs is 2. The van der Waals surface area contributed by atoms with Crippen molar-refractivity contribution < 1.29 is 4.74 Å². The van der Waals surface area contributed by atoms with Gasteiger partial charge in [-0.15, -0.1) is 0 Å². The number of hydrogen-bond acceptors (Lipinski definition) is 6. The lowest BCUT2D eigenvalue weighted by molar-refractivity contribution is 0.122. The lowest BCUT2D eigenvalue weighted by atomic mass is 10.1. The molecule has 164 valence electrons. The highest BCUT2D eigenvalue weighted by Crippen LogP contribution is 2.26. The van der Waals surface area contributed by atoms with Crippen LogP contribution in [0.4, 0.5) is 11.4 Å². The minimum Gasteiger partial charge on any atom is -0.380 e.